The number of fused-ring (bicyclic) bond motifs is 2. The molecule has 30 heavy (non-hydrogen) atoms. The number of nitrogens with one attached hydrogen (secondary N) is 1. The van der Waals surface area contributed by atoms with Crippen molar-refractivity contribution in [2.24, 2.45) is 0 Å². The number of aromatic amines is 1. The van der Waals surface area contributed by atoms with Crippen molar-refractivity contribution >= 4 is 20.9 Å². The molecule has 1 aliphatic heterocycles. The van der Waals surface area contributed by atoms with Crippen LogP contribution in [0, 0.1) is 13.8 Å². The van der Waals surface area contributed by atoms with E-state index in [0.29, 0.717) is 17.1 Å². The number of hydrogen-bond donors (Lipinski definition) is 1. The third-order valence-corrected chi connectivity index (χ3v) is 7.05. The van der Waals surface area contributed by atoms with Crippen LogP contribution in [0.15, 0.2) is 41.2 Å². The highest BCUT2D eigenvalue weighted by Gasteiger charge is 2.23. The third kappa shape index (κ3) is 3.93. The molecule has 158 valence electrons. The number of nitrogens with zero attached hydrogens (tertiary/aromatic N) is 1. The lowest BCUT2D eigenvalue weighted by atomic mass is 10.1. The molecule has 8 heteroatoms. The van der Waals surface area contributed by atoms with E-state index in [2.05, 4.69) is 4.98 Å². The number of benzene rings is 2. The molecular weight excluding hydrogens is 404 g/mol. The first-order valence-corrected chi connectivity index (χ1v) is 11.4. The Morgan fingerprint density at radius 3 is 2.57 bits per heavy atom. The van der Waals surface area contributed by atoms with E-state index in [1.54, 1.807) is 25.1 Å². The Morgan fingerprint density at radius 1 is 1.03 bits per heavy atom. The maximum absolute atomic E-state index is 12.8. The topological polar surface area (TPSA) is 88.7 Å². The number of H-pyrrole nitrogens is 1. The molecule has 0 amide bonds. The molecule has 0 unspecified atom stereocenters. The average Bonchev–Trinajstić information content (AvgIpc) is 3.16. The van der Waals surface area contributed by atoms with E-state index in [4.69, 9.17) is 9.47 Å². The van der Waals surface area contributed by atoms with E-state index in [-0.39, 0.29) is 31.2 Å². The van der Waals surface area contributed by atoms with Crippen molar-refractivity contribution < 1.29 is 17.9 Å². The molecule has 3 aromatic rings. The van der Waals surface area contributed by atoms with Gasteiger partial charge in [-0.05, 0) is 61.5 Å². The zero-order chi connectivity index (χ0) is 21.5. The second-order valence-electron chi connectivity index (χ2n) is 7.53. The minimum atomic E-state index is -3.55. The van der Waals surface area contributed by atoms with Crippen molar-refractivity contribution in [3.8, 4) is 11.5 Å². The molecule has 0 aliphatic carbocycles. The van der Waals surface area contributed by atoms with Crippen LogP contribution in [0.25, 0.3) is 10.9 Å². The fourth-order valence-electron chi connectivity index (χ4n) is 3.72. The Morgan fingerprint density at radius 2 is 1.80 bits per heavy atom. The minimum Gasteiger partial charge on any atom is -0.454 e. The molecule has 1 aromatic heterocycles. The Kier molecular flexibility index (Phi) is 5.29. The number of rotatable bonds is 6. The second kappa shape index (κ2) is 7.77. The second-order valence-corrected chi connectivity index (χ2v) is 9.78. The summed E-state index contributed by atoms with van der Waals surface area (Å²) < 4.78 is 37.6. The first-order valence-electron chi connectivity index (χ1n) is 9.76. The van der Waals surface area contributed by atoms with Gasteiger partial charge in [0.05, 0.1) is 11.3 Å². The predicted octanol–water partition coefficient (Wildman–Crippen LogP) is 3.23. The average molecular weight is 429 g/mol. The van der Waals surface area contributed by atoms with Gasteiger partial charge in [0.25, 0.3) is 5.56 Å². The number of ether oxygens (including phenoxy) is 2. The van der Waals surface area contributed by atoms with E-state index >= 15 is 0 Å². The molecule has 0 saturated carbocycles. The first kappa shape index (κ1) is 20.4. The summed E-state index contributed by atoms with van der Waals surface area (Å²) in [7, 11) is -3.55. The molecule has 0 saturated heterocycles. The molecule has 2 aromatic carbocycles. The van der Waals surface area contributed by atoms with Crippen molar-refractivity contribution in [1.82, 2.24) is 9.29 Å². The van der Waals surface area contributed by atoms with E-state index in [1.165, 1.54) is 4.31 Å². The Balaban J connectivity index is 1.70. The number of hydrogen-bond acceptors (Lipinski definition) is 5. The summed E-state index contributed by atoms with van der Waals surface area (Å²) >= 11 is 0. The van der Waals surface area contributed by atoms with Crippen LogP contribution in [0.5, 0.6) is 11.5 Å². The first-order chi connectivity index (χ1) is 14.3. The number of pyridine rings is 1. The highest BCUT2D eigenvalue weighted by molar-refractivity contribution is 7.89. The van der Waals surface area contributed by atoms with Crippen LogP contribution in [0.2, 0.25) is 0 Å². The Hall–Kier alpha value is -2.84. The molecular formula is C22H24N2O5S. The van der Waals surface area contributed by atoms with Crippen molar-refractivity contribution in [3.05, 3.63) is 69.0 Å². The van der Waals surface area contributed by atoms with Crippen LogP contribution < -0.4 is 15.0 Å². The van der Waals surface area contributed by atoms with Gasteiger partial charge >= 0.3 is 0 Å². The summed E-state index contributed by atoms with van der Waals surface area (Å²) in [6.07, 6.45) is 0. The van der Waals surface area contributed by atoms with Gasteiger partial charge in [0.1, 0.15) is 0 Å². The van der Waals surface area contributed by atoms with Crippen LogP contribution in [0.4, 0.5) is 0 Å². The highest BCUT2D eigenvalue weighted by Crippen LogP contribution is 2.33. The predicted molar refractivity (Wildman–Crippen MR) is 115 cm³/mol. The molecule has 2 heterocycles. The van der Waals surface area contributed by atoms with Crippen molar-refractivity contribution in [2.45, 2.75) is 33.9 Å². The molecule has 0 atom stereocenters. The molecule has 0 spiro atoms. The van der Waals surface area contributed by atoms with Crippen LogP contribution in [0.3, 0.4) is 0 Å². The largest absolute Gasteiger partial charge is 0.454 e. The summed E-state index contributed by atoms with van der Waals surface area (Å²) in [5, 5.41) is 0.888. The normalized spacial score (nSPS) is 13.3. The molecule has 0 bridgehead atoms. The SMILES string of the molecule is CCS(=O)(=O)N(Cc1ccc2c(c1)OCO2)Cc1cc2cc(C)cc(C)c2[nH]c1=O. The number of aryl methyl sites for hydroxylation is 2. The molecule has 0 fully saturated rings. The number of sulfonamides is 1. The molecule has 7 nitrogen and oxygen atoms in total. The third-order valence-electron chi connectivity index (χ3n) is 5.27. The van der Waals surface area contributed by atoms with Crippen molar-refractivity contribution in [3.63, 3.8) is 0 Å². The highest BCUT2D eigenvalue weighted by atomic mass is 32.2. The van der Waals surface area contributed by atoms with Crippen LogP contribution in [-0.4, -0.2) is 30.3 Å². The van der Waals surface area contributed by atoms with E-state index in [0.717, 1.165) is 27.6 Å². The van der Waals surface area contributed by atoms with Crippen LogP contribution >= 0.6 is 0 Å². The monoisotopic (exact) mass is 428 g/mol. The standard InChI is InChI=1S/C22H24N2O5S/c1-4-30(26,27)24(11-16-5-6-19-20(9-16)29-13-28-19)12-18-10-17-8-14(2)7-15(3)21(17)23-22(18)25/h5-10H,4,11-13H2,1-3H3,(H,23,25). The van der Waals surface area contributed by atoms with Gasteiger partial charge in [-0.2, -0.15) is 4.31 Å². The Bertz CT molecular complexity index is 1280. The lowest BCUT2D eigenvalue weighted by Gasteiger charge is -2.22. The summed E-state index contributed by atoms with van der Waals surface area (Å²) in [6.45, 7) is 5.81. The maximum atomic E-state index is 12.8. The summed E-state index contributed by atoms with van der Waals surface area (Å²) in [4.78, 5) is 15.6. The van der Waals surface area contributed by atoms with E-state index in [9.17, 15) is 13.2 Å². The van der Waals surface area contributed by atoms with Gasteiger partial charge in [-0.3, -0.25) is 4.79 Å². The maximum Gasteiger partial charge on any atom is 0.252 e. The fourth-order valence-corrected chi connectivity index (χ4v) is 4.76. The quantitative estimate of drug-likeness (QED) is 0.651. The minimum absolute atomic E-state index is 0.0110. The molecule has 1 aliphatic rings. The zero-order valence-corrected chi connectivity index (χ0v) is 18.0. The molecule has 1 N–H and O–H groups in total. The smallest absolute Gasteiger partial charge is 0.252 e. The number of aromatic nitrogens is 1. The van der Waals surface area contributed by atoms with Gasteiger partial charge in [0, 0.05) is 18.7 Å². The van der Waals surface area contributed by atoms with Crippen LogP contribution in [0.1, 0.15) is 29.2 Å². The molecule has 0 radical (unpaired) electrons. The lowest BCUT2D eigenvalue weighted by Crippen LogP contribution is -2.33. The van der Waals surface area contributed by atoms with Gasteiger partial charge in [0.2, 0.25) is 16.8 Å². The summed E-state index contributed by atoms with van der Waals surface area (Å²) in [5.74, 6) is 1.18. The van der Waals surface area contributed by atoms with Gasteiger partial charge < -0.3 is 14.5 Å². The van der Waals surface area contributed by atoms with E-state index in [1.807, 2.05) is 32.0 Å². The van der Waals surface area contributed by atoms with Gasteiger partial charge in [-0.15, -0.1) is 0 Å². The summed E-state index contributed by atoms with van der Waals surface area (Å²) in [5.41, 5.74) is 3.72. The summed E-state index contributed by atoms with van der Waals surface area (Å²) in [6, 6.07) is 11.1. The molecule has 4 rings (SSSR count). The van der Waals surface area contributed by atoms with Gasteiger partial charge in [-0.1, -0.05) is 17.7 Å². The van der Waals surface area contributed by atoms with Crippen molar-refractivity contribution in [2.75, 3.05) is 12.5 Å². The van der Waals surface area contributed by atoms with E-state index < -0.39 is 10.0 Å². The van der Waals surface area contributed by atoms with Gasteiger partial charge in [0.15, 0.2) is 11.5 Å². The Labute approximate surface area is 175 Å². The van der Waals surface area contributed by atoms with Crippen molar-refractivity contribution in [1.29, 1.82) is 0 Å². The van der Waals surface area contributed by atoms with Gasteiger partial charge in [-0.25, -0.2) is 8.42 Å². The zero-order valence-electron chi connectivity index (χ0n) is 17.2. The van der Waals surface area contributed by atoms with Crippen LogP contribution in [-0.2, 0) is 23.1 Å². The lowest BCUT2D eigenvalue weighted by molar-refractivity contribution is 0.174. The fraction of sp³-hybridized carbons (Fsp3) is 0.318.